The maximum absolute atomic E-state index is 5.80. The van der Waals surface area contributed by atoms with E-state index in [9.17, 15) is 0 Å². The minimum absolute atomic E-state index is 0.365. The average molecular weight is 278 g/mol. The molecule has 1 aliphatic rings. The van der Waals surface area contributed by atoms with E-state index in [4.69, 9.17) is 5.73 Å². The number of thiophene rings is 1. The zero-order valence-electron chi connectivity index (χ0n) is 7.25. The number of nitrogens with two attached hydrogens (primary N) is 1. The standard InChI is InChI=1S/C9H12BrNS2/c10-7-2-3-8(12-7)13-9(6-11)4-1-5-9/h2-3H,1,4-6,11H2. The van der Waals surface area contributed by atoms with Crippen molar-refractivity contribution in [3.63, 3.8) is 0 Å². The van der Waals surface area contributed by atoms with Crippen LogP contribution in [0.25, 0.3) is 0 Å². The van der Waals surface area contributed by atoms with Crippen LogP contribution in [0.4, 0.5) is 0 Å². The van der Waals surface area contributed by atoms with E-state index in [1.807, 2.05) is 11.8 Å². The molecule has 0 atom stereocenters. The molecule has 1 aliphatic carbocycles. The molecule has 0 amide bonds. The lowest BCUT2D eigenvalue weighted by molar-refractivity contribution is 0.371. The molecule has 1 aromatic heterocycles. The maximum Gasteiger partial charge on any atom is 0.0710 e. The van der Waals surface area contributed by atoms with E-state index in [0.29, 0.717) is 4.75 Å². The fraction of sp³-hybridized carbons (Fsp3) is 0.556. The maximum atomic E-state index is 5.80. The first-order valence-corrected chi connectivity index (χ1v) is 6.81. The first-order chi connectivity index (χ1) is 6.24. The van der Waals surface area contributed by atoms with Gasteiger partial charge in [-0.2, -0.15) is 0 Å². The van der Waals surface area contributed by atoms with Gasteiger partial charge >= 0.3 is 0 Å². The molecule has 2 N–H and O–H groups in total. The molecule has 0 spiro atoms. The van der Waals surface area contributed by atoms with Gasteiger partial charge in [-0.05, 0) is 40.9 Å². The van der Waals surface area contributed by atoms with Crippen LogP contribution in [0.3, 0.4) is 0 Å². The molecule has 2 rings (SSSR count). The van der Waals surface area contributed by atoms with Crippen molar-refractivity contribution in [2.75, 3.05) is 6.54 Å². The van der Waals surface area contributed by atoms with E-state index in [-0.39, 0.29) is 0 Å². The summed E-state index contributed by atoms with van der Waals surface area (Å²) in [5.74, 6) is 0. The molecule has 1 heterocycles. The first-order valence-electron chi connectivity index (χ1n) is 4.39. The summed E-state index contributed by atoms with van der Waals surface area (Å²) < 4.78 is 2.96. The molecule has 13 heavy (non-hydrogen) atoms. The fourth-order valence-corrected chi connectivity index (χ4v) is 5.03. The summed E-state index contributed by atoms with van der Waals surface area (Å²) in [4.78, 5) is 0. The Balaban J connectivity index is 2.04. The van der Waals surface area contributed by atoms with E-state index in [1.165, 1.54) is 27.3 Å². The molecule has 0 saturated heterocycles. The van der Waals surface area contributed by atoms with Crippen molar-refractivity contribution in [1.29, 1.82) is 0 Å². The third-order valence-electron chi connectivity index (χ3n) is 2.50. The van der Waals surface area contributed by atoms with Gasteiger partial charge < -0.3 is 5.73 Å². The number of halogens is 1. The zero-order chi connectivity index (χ0) is 9.31. The van der Waals surface area contributed by atoms with Crippen molar-refractivity contribution in [2.45, 2.75) is 28.2 Å². The number of hydrogen-bond donors (Lipinski definition) is 1. The lowest BCUT2D eigenvalue weighted by atomic mass is 9.84. The van der Waals surface area contributed by atoms with Gasteiger partial charge in [0, 0.05) is 11.3 Å². The summed E-state index contributed by atoms with van der Waals surface area (Å²) in [5, 5.41) is 0. The quantitative estimate of drug-likeness (QED) is 0.916. The van der Waals surface area contributed by atoms with Crippen LogP contribution >= 0.6 is 39.0 Å². The molecular weight excluding hydrogens is 266 g/mol. The molecule has 4 heteroatoms. The van der Waals surface area contributed by atoms with E-state index in [0.717, 1.165) is 6.54 Å². The minimum Gasteiger partial charge on any atom is -0.329 e. The normalized spacial score (nSPS) is 19.8. The Morgan fingerprint density at radius 2 is 2.31 bits per heavy atom. The van der Waals surface area contributed by atoms with Crippen molar-refractivity contribution in [3.05, 3.63) is 15.9 Å². The molecule has 1 aromatic rings. The van der Waals surface area contributed by atoms with E-state index in [1.54, 1.807) is 11.3 Å². The van der Waals surface area contributed by atoms with Gasteiger partial charge in [-0.3, -0.25) is 0 Å². The van der Waals surface area contributed by atoms with Crippen LogP contribution in [-0.4, -0.2) is 11.3 Å². The number of hydrogen-bond acceptors (Lipinski definition) is 3. The summed E-state index contributed by atoms with van der Waals surface area (Å²) in [6.07, 6.45) is 3.91. The zero-order valence-corrected chi connectivity index (χ0v) is 10.5. The van der Waals surface area contributed by atoms with Gasteiger partial charge in [-0.15, -0.1) is 23.1 Å². The van der Waals surface area contributed by atoms with Crippen molar-refractivity contribution in [2.24, 2.45) is 5.73 Å². The highest BCUT2D eigenvalue weighted by atomic mass is 79.9. The van der Waals surface area contributed by atoms with Gasteiger partial charge in [0.25, 0.3) is 0 Å². The van der Waals surface area contributed by atoms with Gasteiger partial charge in [0.05, 0.1) is 8.00 Å². The molecule has 72 valence electrons. The predicted octanol–water partition coefficient (Wildman–Crippen LogP) is 3.48. The Hall–Kier alpha value is 0.490. The first kappa shape index (κ1) is 10.0. The van der Waals surface area contributed by atoms with Gasteiger partial charge in [-0.25, -0.2) is 0 Å². The molecule has 0 bridgehead atoms. The second kappa shape index (κ2) is 3.93. The summed E-state index contributed by atoms with van der Waals surface area (Å²) >= 11 is 7.24. The van der Waals surface area contributed by atoms with Crippen LogP contribution in [0.1, 0.15) is 19.3 Å². The van der Waals surface area contributed by atoms with E-state index < -0.39 is 0 Å². The Morgan fingerprint density at radius 3 is 2.69 bits per heavy atom. The van der Waals surface area contributed by atoms with Gasteiger partial charge in [-0.1, -0.05) is 6.42 Å². The summed E-state index contributed by atoms with van der Waals surface area (Å²) in [6.45, 7) is 0.813. The summed E-state index contributed by atoms with van der Waals surface area (Å²) in [7, 11) is 0. The summed E-state index contributed by atoms with van der Waals surface area (Å²) in [6, 6.07) is 4.28. The van der Waals surface area contributed by atoms with Gasteiger partial charge in [0.1, 0.15) is 0 Å². The summed E-state index contributed by atoms with van der Waals surface area (Å²) in [5.41, 5.74) is 5.80. The second-order valence-corrected chi connectivity index (χ2v) is 7.63. The Morgan fingerprint density at radius 1 is 1.54 bits per heavy atom. The van der Waals surface area contributed by atoms with Crippen molar-refractivity contribution < 1.29 is 0 Å². The predicted molar refractivity (Wildman–Crippen MR) is 63.5 cm³/mol. The molecule has 0 aromatic carbocycles. The smallest absolute Gasteiger partial charge is 0.0710 e. The molecule has 1 nitrogen and oxygen atoms in total. The topological polar surface area (TPSA) is 26.0 Å². The number of thioether (sulfide) groups is 1. The van der Waals surface area contributed by atoms with Crippen LogP contribution in [0, 0.1) is 0 Å². The van der Waals surface area contributed by atoms with Crippen LogP contribution < -0.4 is 5.73 Å². The Labute approximate surface area is 95.2 Å². The highest BCUT2D eigenvalue weighted by Gasteiger charge is 2.36. The highest BCUT2D eigenvalue weighted by molar-refractivity contribution is 9.11. The average Bonchev–Trinajstić information content (AvgIpc) is 2.44. The van der Waals surface area contributed by atoms with Crippen LogP contribution in [-0.2, 0) is 0 Å². The van der Waals surface area contributed by atoms with Crippen molar-refractivity contribution in [1.82, 2.24) is 0 Å². The van der Waals surface area contributed by atoms with Crippen LogP contribution in [0.5, 0.6) is 0 Å². The van der Waals surface area contributed by atoms with Gasteiger partial charge in [0.15, 0.2) is 0 Å². The third kappa shape index (κ3) is 2.12. The Kier molecular flexibility index (Phi) is 3.03. The SMILES string of the molecule is NCC1(Sc2ccc(Br)s2)CCC1. The Bertz CT molecular complexity index is 288. The highest BCUT2D eigenvalue weighted by Crippen LogP contribution is 2.48. The minimum atomic E-state index is 0.365. The van der Waals surface area contributed by atoms with Crippen LogP contribution in [0.15, 0.2) is 20.1 Å². The van der Waals surface area contributed by atoms with E-state index in [2.05, 4.69) is 28.1 Å². The van der Waals surface area contributed by atoms with Crippen molar-refractivity contribution >= 4 is 39.0 Å². The molecule has 0 unspecified atom stereocenters. The number of rotatable bonds is 3. The molecule has 1 saturated carbocycles. The fourth-order valence-electron chi connectivity index (χ4n) is 1.48. The lowest BCUT2D eigenvalue weighted by Crippen LogP contribution is -2.40. The van der Waals surface area contributed by atoms with Crippen molar-refractivity contribution in [3.8, 4) is 0 Å². The van der Waals surface area contributed by atoms with E-state index >= 15 is 0 Å². The van der Waals surface area contributed by atoms with Crippen LogP contribution in [0.2, 0.25) is 0 Å². The molecular formula is C9H12BrNS2. The van der Waals surface area contributed by atoms with Gasteiger partial charge in [0.2, 0.25) is 0 Å². The second-order valence-electron chi connectivity index (χ2n) is 3.40. The lowest BCUT2D eigenvalue weighted by Gasteiger charge is -2.39. The molecule has 0 radical (unpaired) electrons. The largest absolute Gasteiger partial charge is 0.329 e. The third-order valence-corrected chi connectivity index (χ3v) is 5.77. The molecule has 1 fully saturated rings. The monoisotopic (exact) mass is 277 g/mol. The molecule has 0 aliphatic heterocycles.